The minimum absolute atomic E-state index is 0.137. The normalized spacial score (nSPS) is 41.8. The lowest BCUT2D eigenvalue weighted by molar-refractivity contribution is -0.125. The number of carbonyl (C=O) groups excluding carboxylic acids is 1. The third-order valence-electron chi connectivity index (χ3n) is 4.87. The lowest BCUT2D eigenvalue weighted by atomic mass is 9.57. The molecular formula is C15H22O2. The number of Topliss-reactive ketones (excluding diaryl/α,β-unsaturated/α-hetero) is 1. The van der Waals surface area contributed by atoms with Crippen molar-refractivity contribution in [3.8, 4) is 0 Å². The molecule has 4 atom stereocenters. The minimum Gasteiger partial charge on any atom is -0.392 e. The molecule has 0 spiro atoms. The van der Waals surface area contributed by atoms with Gasteiger partial charge in [-0.05, 0) is 37.2 Å². The summed E-state index contributed by atoms with van der Waals surface area (Å²) in [4.78, 5) is 12.0. The smallest absolute Gasteiger partial charge is 0.161 e. The number of aliphatic hydroxyl groups excluding tert-OH is 1. The Labute approximate surface area is 103 Å². The monoisotopic (exact) mass is 234 g/mol. The first-order valence-electron chi connectivity index (χ1n) is 6.43. The van der Waals surface area contributed by atoms with E-state index in [1.54, 1.807) is 0 Å². The lowest BCUT2D eigenvalue weighted by Gasteiger charge is -2.48. The van der Waals surface area contributed by atoms with E-state index in [0.29, 0.717) is 12.3 Å². The predicted molar refractivity (Wildman–Crippen MR) is 68.5 cm³/mol. The summed E-state index contributed by atoms with van der Waals surface area (Å²) in [5, 5.41) is 10.0. The van der Waals surface area contributed by atoms with Crippen LogP contribution in [-0.2, 0) is 4.79 Å². The van der Waals surface area contributed by atoms with Crippen LogP contribution in [0.2, 0.25) is 0 Å². The molecule has 2 nitrogen and oxygen atoms in total. The number of aliphatic hydroxyl groups is 1. The number of hydrogen-bond acceptors (Lipinski definition) is 2. The van der Waals surface area contributed by atoms with Crippen LogP contribution in [0.15, 0.2) is 23.8 Å². The zero-order chi connectivity index (χ0) is 12.8. The van der Waals surface area contributed by atoms with Gasteiger partial charge in [0.15, 0.2) is 5.78 Å². The molecule has 2 aliphatic rings. The van der Waals surface area contributed by atoms with Gasteiger partial charge in [0.05, 0.1) is 6.10 Å². The summed E-state index contributed by atoms with van der Waals surface area (Å²) in [5.74, 6) is 0.733. The van der Waals surface area contributed by atoms with Crippen LogP contribution in [0, 0.1) is 17.3 Å². The number of rotatable bonds is 1. The first-order chi connectivity index (χ1) is 7.86. The van der Waals surface area contributed by atoms with Crippen LogP contribution < -0.4 is 0 Å². The van der Waals surface area contributed by atoms with Crippen LogP contribution in [0.3, 0.4) is 0 Å². The fraction of sp³-hybridized carbons (Fsp3) is 0.667. The molecule has 0 aromatic carbocycles. The SMILES string of the molecule is C=C(C)[C@@H]1CC=C2C(=O)C[C@@H](O)[C@@H](C)[C@@]2(C)C1. The van der Waals surface area contributed by atoms with Gasteiger partial charge in [-0.2, -0.15) is 0 Å². The van der Waals surface area contributed by atoms with Crippen molar-refractivity contribution in [2.75, 3.05) is 0 Å². The number of fused-ring (bicyclic) bond motifs is 1. The van der Waals surface area contributed by atoms with Gasteiger partial charge in [0, 0.05) is 11.8 Å². The van der Waals surface area contributed by atoms with Crippen molar-refractivity contribution >= 4 is 5.78 Å². The molecule has 2 rings (SSSR count). The predicted octanol–water partition coefficient (Wildman–Crippen LogP) is 2.88. The zero-order valence-corrected chi connectivity index (χ0v) is 11.0. The summed E-state index contributed by atoms with van der Waals surface area (Å²) in [6, 6.07) is 0. The molecular weight excluding hydrogens is 212 g/mol. The number of allylic oxidation sites excluding steroid dienone is 3. The molecule has 0 radical (unpaired) electrons. The number of carbonyl (C=O) groups is 1. The molecule has 17 heavy (non-hydrogen) atoms. The topological polar surface area (TPSA) is 37.3 Å². The molecule has 2 heteroatoms. The van der Waals surface area contributed by atoms with Gasteiger partial charge in [0.25, 0.3) is 0 Å². The van der Waals surface area contributed by atoms with E-state index in [1.807, 2.05) is 0 Å². The Morgan fingerprint density at radius 1 is 1.59 bits per heavy atom. The average molecular weight is 234 g/mol. The maximum Gasteiger partial charge on any atom is 0.161 e. The Morgan fingerprint density at radius 2 is 2.24 bits per heavy atom. The van der Waals surface area contributed by atoms with Crippen LogP contribution in [-0.4, -0.2) is 17.0 Å². The molecule has 0 unspecified atom stereocenters. The van der Waals surface area contributed by atoms with Gasteiger partial charge < -0.3 is 5.11 Å². The molecule has 0 aromatic rings. The van der Waals surface area contributed by atoms with Gasteiger partial charge in [-0.3, -0.25) is 4.79 Å². The third kappa shape index (κ3) is 1.89. The van der Waals surface area contributed by atoms with Gasteiger partial charge in [0.2, 0.25) is 0 Å². The first-order valence-corrected chi connectivity index (χ1v) is 6.43. The van der Waals surface area contributed by atoms with Crippen LogP contribution in [0.1, 0.15) is 40.0 Å². The molecule has 1 fully saturated rings. The molecule has 0 bridgehead atoms. The van der Waals surface area contributed by atoms with E-state index in [4.69, 9.17) is 0 Å². The molecule has 2 aliphatic carbocycles. The van der Waals surface area contributed by atoms with E-state index in [9.17, 15) is 9.90 Å². The van der Waals surface area contributed by atoms with E-state index in [1.165, 1.54) is 5.57 Å². The van der Waals surface area contributed by atoms with Gasteiger partial charge in [-0.15, -0.1) is 0 Å². The standard InChI is InChI=1S/C15H22O2/c1-9(2)11-5-6-12-14(17)7-13(16)10(3)15(12,4)8-11/h6,10-11,13,16H,1,5,7-8H2,2-4H3/t10-,11-,13-,15-/m1/s1. The summed E-state index contributed by atoms with van der Waals surface area (Å²) in [7, 11) is 0. The van der Waals surface area contributed by atoms with E-state index in [2.05, 4.69) is 33.4 Å². The van der Waals surface area contributed by atoms with E-state index in [0.717, 1.165) is 18.4 Å². The third-order valence-corrected chi connectivity index (χ3v) is 4.87. The second-order valence-electron chi connectivity index (χ2n) is 6.00. The highest BCUT2D eigenvalue weighted by atomic mass is 16.3. The van der Waals surface area contributed by atoms with Crippen molar-refractivity contribution in [3.63, 3.8) is 0 Å². The first kappa shape index (κ1) is 12.6. The van der Waals surface area contributed by atoms with Crippen LogP contribution in [0.4, 0.5) is 0 Å². The Balaban J connectivity index is 2.39. The Morgan fingerprint density at radius 3 is 2.82 bits per heavy atom. The Hall–Kier alpha value is -0.890. The molecule has 0 aromatic heterocycles. The zero-order valence-electron chi connectivity index (χ0n) is 11.0. The highest BCUT2D eigenvalue weighted by Gasteiger charge is 2.48. The minimum atomic E-state index is -0.492. The molecule has 94 valence electrons. The Bertz CT molecular complexity index is 394. The highest BCUT2D eigenvalue weighted by Crippen LogP contribution is 2.51. The van der Waals surface area contributed by atoms with Crippen molar-refractivity contribution < 1.29 is 9.90 Å². The van der Waals surface area contributed by atoms with Gasteiger partial charge in [0.1, 0.15) is 0 Å². The maximum atomic E-state index is 12.0. The van der Waals surface area contributed by atoms with E-state index < -0.39 is 6.10 Å². The largest absolute Gasteiger partial charge is 0.392 e. The van der Waals surface area contributed by atoms with E-state index >= 15 is 0 Å². The van der Waals surface area contributed by atoms with Gasteiger partial charge in [-0.1, -0.05) is 32.1 Å². The van der Waals surface area contributed by atoms with Gasteiger partial charge in [-0.25, -0.2) is 0 Å². The average Bonchev–Trinajstić information content (AvgIpc) is 2.25. The molecule has 0 aliphatic heterocycles. The summed E-state index contributed by atoms with van der Waals surface area (Å²) in [5.41, 5.74) is 1.96. The van der Waals surface area contributed by atoms with Crippen LogP contribution >= 0.6 is 0 Å². The number of hydrogen-bond donors (Lipinski definition) is 1. The van der Waals surface area contributed by atoms with Crippen LogP contribution in [0.5, 0.6) is 0 Å². The molecule has 1 saturated carbocycles. The molecule has 0 saturated heterocycles. The van der Waals surface area contributed by atoms with Crippen molar-refractivity contribution in [1.29, 1.82) is 0 Å². The van der Waals surface area contributed by atoms with Gasteiger partial charge >= 0.3 is 0 Å². The summed E-state index contributed by atoms with van der Waals surface area (Å²) < 4.78 is 0. The second-order valence-corrected chi connectivity index (χ2v) is 6.00. The van der Waals surface area contributed by atoms with Crippen LogP contribution in [0.25, 0.3) is 0 Å². The molecule has 0 amide bonds. The molecule has 1 N–H and O–H groups in total. The quantitative estimate of drug-likeness (QED) is 0.708. The Kier molecular flexibility index (Phi) is 3.03. The summed E-state index contributed by atoms with van der Waals surface area (Å²) in [6.45, 7) is 10.3. The fourth-order valence-electron chi connectivity index (χ4n) is 3.34. The number of ketones is 1. The summed E-state index contributed by atoms with van der Waals surface area (Å²) >= 11 is 0. The maximum absolute atomic E-state index is 12.0. The molecule has 0 heterocycles. The van der Waals surface area contributed by atoms with Crippen molar-refractivity contribution in [3.05, 3.63) is 23.8 Å². The summed E-state index contributed by atoms with van der Waals surface area (Å²) in [6.07, 6.45) is 3.76. The van der Waals surface area contributed by atoms with Crippen molar-refractivity contribution in [2.24, 2.45) is 17.3 Å². The lowest BCUT2D eigenvalue weighted by Crippen LogP contribution is -2.47. The van der Waals surface area contributed by atoms with Crippen molar-refractivity contribution in [2.45, 2.75) is 46.1 Å². The van der Waals surface area contributed by atoms with E-state index in [-0.39, 0.29) is 17.1 Å². The second kappa shape index (κ2) is 4.09. The van der Waals surface area contributed by atoms with Crippen molar-refractivity contribution in [1.82, 2.24) is 0 Å². The highest BCUT2D eigenvalue weighted by molar-refractivity contribution is 5.98. The fourth-order valence-corrected chi connectivity index (χ4v) is 3.34.